The first-order valence-electron chi connectivity index (χ1n) is 6.29. The maximum atomic E-state index is 11.9. The molecule has 0 atom stereocenters. The Hall–Kier alpha value is -1.18. The second kappa shape index (κ2) is 7.56. The van der Waals surface area contributed by atoms with Gasteiger partial charge in [-0.15, -0.1) is 0 Å². The molecule has 0 aliphatic carbocycles. The van der Waals surface area contributed by atoms with E-state index >= 15 is 0 Å². The first-order valence-corrected chi connectivity index (χ1v) is 8.15. The number of halogens is 1. The highest BCUT2D eigenvalue weighted by atomic mass is 35.5. The number of hydrogen-bond acceptors (Lipinski definition) is 4. The van der Waals surface area contributed by atoms with Crippen LogP contribution in [-0.4, -0.2) is 43.8 Å². The molecule has 1 aromatic rings. The van der Waals surface area contributed by atoms with Crippen LogP contribution in [0.4, 0.5) is 0 Å². The summed E-state index contributed by atoms with van der Waals surface area (Å²) in [5.74, 6) is -0.0769. The molecule has 1 N–H and O–H groups in total. The van der Waals surface area contributed by atoms with Crippen molar-refractivity contribution in [3.8, 4) is 0 Å². The lowest BCUT2D eigenvalue weighted by molar-refractivity contribution is -0.130. The number of pyridine rings is 1. The molecule has 1 rings (SSSR count). The molecule has 112 valence electrons. The average molecular weight is 320 g/mol. The molecule has 0 unspecified atom stereocenters. The van der Waals surface area contributed by atoms with Crippen LogP contribution in [0.3, 0.4) is 0 Å². The number of carbonyl (C=O) groups excluding carboxylic acids is 1. The van der Waals surface area contributed by atoms with Gasteiger partial charge in [0.25, 0.3) is 0 Å². The monoisotopic (exact) mass is 319 g/mol. The molecule has 0 aliphatic rings. The van der Waals surface area contributed by atoms with Crippen LogP contribution >= 0.6 is 11.6 Å². The zero-order valence-corrected chi connectivity index (χ0v) is 13.0. The summed E-state index contributed by atoms with van der Waals surface area (Å²) in [6.07, 6.45) is 1.30. The van der Waals surface area contributed by atoms with Gasteiger partial charge in [-0.3, -0.25) is 4.79 Å². The Bertz CT molecular complexity index is 542. The maximum absolute atomic E-state index is 11.9. The van der Waals surface area contributed by atoms with Gasteiger partial charge in [-0.05, 0) is 26.0 Å². The molecule has 0 bridgehead atoms. The van der Waals surface area contributed by atoms with Crippen LogP contribution in [0.15, 0.2) is 23.2 Å². The first-order chi connectivity index (χ1) is 9.40. The summed E-state index contributed by atoms with van der Waals surface area (Å²) in [6, 6.07) is 2.76. The van der Waals surface area contributed by atoms with Crippen LogP contribution in [-0.2, 0) is 14.8 Å². The number of carbonyl (C=O) groups is 1. The summed E-state index contributed by atoms with van der Waals surface area (Å²) in [4.78, 5) is 17.1. The van der Waals surface area contributed by atoms with E-state index in [4.69, 9.17) is 11.6 Å². The van der Waals surface area contributed by atoms with Crippen molar-refractivity contribution in [2.45, 2.75) is 25.2 Å². The Morgan fingerprint density at radius 1 is 1.35 bits per heavy atom. The van der Waals surface area contributed by atoms with E-state index in [0.717, 1.165) is 0 Å². The van der Waals surface area contributed by atoms with E-state index in [1.807, 2.05) is 13.8 Å². The standard InChI is InChI=1S/C12H18ClN3O3S/c1-3-16(4-2)12(17)7-8-15-20(18,19)10-5-6-11(13)14-9-10/h5-6,9,15H,3-4,7-8H2,1-2H3. The van der Waals surface area contributed by atoms with Gasteiger partial charge in [0.1, 0.15) is 10.0 Å². The van der Waals surface area contributed by atoms with Gasteiger partial charge in [0.15, 0.2) is 0 Å². The lowest BCUT2D eigenvalue weighted by atomic mass is 10.3. The van der Waals surface area contributed by atoms with Crippen molar-refractivity contribution in [2.24, 2.45) is 0 Å². The predicted molar refractivity (Wildman–Crippen MR) is 77.0 cm³/mol. The van der Waals surface area contributed by atoms with Crippen LogP contribution < -0.4 is 4.72 Å². The molecule has 1 heterocycles. The van der Waals surface area contributed by atoms with Crippen molar-refractivity contribution >= 4 is 27.5 Å². The van der Waals surface area contributed by atoms with Crippen molar-refractivity contribution in [2.75, 3.05) is 19.6 Å². The van der Waals surface area contributed by atoms with Gasteiger partial charge in [-0.2, -0.15) is 0 Å². The normalized spacial score (nSPS) is 11.3. The summed E-state index contributed by atoms with van der Waals surface area (Å²) in [5.41, 5.74) is 0. The third kappa shape index (κ3) is 4.73. The molecule has 8 heteroatoms. The second-order valence-corrected chi connectivity index (χ2v) is 6.18. The Labute approximate surface area is 124 Å². The third-order valence-electron chi connectivity index (χ3n) is 2.76. The summed E-state index contributed by atoms with van der Waals surface area (Å²) in [7, 11) is -3.65. The minimum absolute atomic E-state index is 0.0252. The van der Waals surface area contributed by atoms with Crippen molar-refractivity contribution < 1.29 is 13.2 Å². The first kappa shape index (κ1) is 16.9. The van der Waals surface area contributed by atoms with E-state index in [-0.39, 0.29) is 28.9 Å². The Morgan fingerprint density at radius 2 is 2.00 bits per heavy atom. The van der Waals surface area contributed by atoms with Gasteiger partial charge < -0.3 is 4.90 Å². The van der Waals surface area contributed by atoms with E-state index in [1.54, 1.807) is 4.90 Å². The number of hydrogen-bond donors (Lipinski definition) is 1. The van der Waals surface area contributed by atoms with Crippen LogP contribution in [0.1, 0.15) is 20.3 Å². The van der Waals surface area contributed by atoms with Gasteiger partial charge in [0.05, 0.1) is 0 Å². The number of amides is 1. The summed E-state index contributed by atoms with van der Waals surface area (Å²) >= 11 is 5.60. The molecule has 6 nitrogen and oxygen atoms in total. The summed E-state index contributed by atoms with van der Waals surface area (Å²) in [6.45, 7) is 5.04. The third-order valence-corrected chi connectivity index (χ3v) is 4.43. The summed E-state index contributed by atoms with van der Waals surface area (Å²) in [5, 5.41) is 0.223. The lowest BCUT2D eigenvalue weighted by Crippen LogP contribution is -2.34. The SMILES string of the molecule is CCN(CC)C(=O)CCNS(=O)(=O)c1ccc(Cl)nc1. The molecule has 0 saturated heterocycles. The molecule has 0 spiro atoms. The molecule has 0 aromatic carbocycles. The highest BCUT2D eigenvalue weighted by molar-refractivity contribution is 7.89. The van der Waals surface area contributed by atoms with E-state index < -0.39 is 10.0 Å². The summed E-state index contributed by atoms with van der Waals surface area (Å²) < 4.78 is 26.2. The molecule has 0 fully saturated rings. The van der Waals surface area contributed by atoms with Crippen molar-refractivity contribution in [3.63, 3.8) is 0 Å². The van der Waals surface area contributed by atoms with Crippen LogP contribution in [0, 0.1) is 0 Å². The van der Waals surface area contributed by atoms with E-state index in [0.29, 0.717) is 13.1 Å². The Kier molecular flexibility index (Phi) is 6.38. The van der Waals surface area contributed by atoms with Gasteiger partial charge in [-0.25, -0.2) is 18.1 Å². The Balaban J connectivity index is 2.56. The maximum Gasteiger partial charge on any atom is 0.242 e. The van der Waals surface area contributed by atoms with Gasteiger partial charge in [0, 0.05) is 32.3 Å². The smallest absolute Gasteiger partial charge is 0.242 e. The fraction of sp³-hybridized carbons (Fsp3) is 0.500. The number of nitrogens with one attached hydrogen (secondary N) is 1. The van der Waals surface area contributed by atoms with Crippen LogP contribution in [0.5, 0.6) is 0 Å². The van der Waals surface area contributed by atoms with Gasteiger partial charge >= 0.3 is 0 Å². The molecular weight excluding hydrogens is 302 g/mol. The van der Waals surface area contributed by atoms with E-state index in [1.165, 1.54) is 18.3 Å². The van der Waals surface area contributed by atoms with E-state index in [9.17, 15) is 13.2 Å². The number of nitrogens with zero attached hydrogens (tertiary/aromatic N) is 2. The fourth-order valence-corrected chi connectivity index (χ4v) is 2.72. The van der Waals surface area contributed by atoms with Crippen LogP contribution in [0.25, 0.3) is 0 Å². The number of aromatic nitrogens is 1. The van der Waals surface area contributed by atoms with Crippen molar-refractivity contribution in [1.29, 1.82) is 0 Å². The fourth-order valence-electron chi connectivity index (χ4n) is 1.63. The average Bonchev–Trinajstić information content (AvgIpc) is 2.40. The topological polar surface area (TPSA) is 79.4 Å². The zero-order valence-electron chi connectivity index (χ0n) is 11.5. The number of sulfonamides is 1. The minimum Gasteiger partial charge on any atom is -0.343 e. The Morgan fingerprint density at radius 3 is 2.50 bits per heavy atom. The van der Waals surface area contributed by atoms with Gasteiger partial charge in [-0.1, -0.05) is 11.6 Å². The van der Waals surface area contributed by atoms with Crippen molar-refractivity contribution in [1.82, 2.24) is 14.6 Å². The minimum atomic E-state index is -3.65. The molecule has 0 radical (unpaired) electrons. The van der Waals surface area contributed by atoms with Crippen molar-refractivity contribution in [3.05, 3.63) is 23.5 Å². The molecule has 0 aliphatic heterocycles. The predicted octanol–water partition coefficient (Wildman–Crippen LogP) is 1.27. The largest absolute Gasteiger partial charge is 0.343 e. The quantitative estimate of drug-likeness (QED) is 0.768. The van der Waals surface area contributed by atoms with Gasteiger partial charge in [0.2, 0.25) is 15.9 Å². The van der Waals surface area contributed by atoms with E-state index in [2.05, 4.69) is 9.71 Å². The highest BCUT2D eigenvalue weighted by Gasteiger charge is 2.15. The van der Waals surface area contributed by atoms with Crippen LogP contribution in [0.2, 0.25) is 5.15 Å². The zero-order chi connectivity index (χ0) is 15.2. The molecule has 20 heavy (non-hydrogen) atoms. The molecular formula is C12H18ClN3O3S. The molecule has 1 amide bonds. The highest BCUT2D eigenvalue weighted by Crippen LogP contribution is 2.10. The molecule has 0 saturated carbocycles. The number of rotatable bonds is 7. The molecule has 1 aromatic heterocycles. The lowest BCUT2D eigenvalue weighted by Gasteiger charge is -2.18. The second-order valence-electron chi connectivity index (χ2n) is 4.03.